The van der Waals surface area contributed by atoms with Crippen LogP contribution < -0.4 is 5.73 Å². The first-order valence-electron chi connectivity index (χ1n) is 6.48. The predicted octanol–water partition coefficient (Wildman–Crippen LogP) is 1.68. The molecular formula is C14H17N3O3. The van der Waals surface area contributed by atoms with Crippen molar-refractivity contribution in [2.75, 3.05) is 6.61 Å². The molecule has 1 unspecified atom stereocenters. The van der Waals surface area contributed by atoms with Crippen LogP contribution in [-0.2, 0) is 4.74 Å². The fourth-order valence-corrected chi connectivity index (χ4v) is 1.91. The number of pyridine rings is 1. The SMILES string of the molecule is NC=C(C=NC1CCCCO1)c1cccc(C(=O)O)n1. The molecule has 6 heteroatoms. The van der Waals surface area contributed by atoms with Crippen molar-refractivity contribution in [3.63, 3.8) is 0 Å². The van der Waals surface area contributed by atoms with Crippen molar-refractivity contribution in [1.82, 2.24) is 4.98 Å². The fraction of sp³-hybridized carbons (Fsp3) is 0.357. The van der Waals surface area contributed by atoms with Gasteiger partial charge in [0.15, 0.2) is 0 Å². The second-order valence-electron chi connectivity index (χ2n) is 4.43. The Bertz CT molecular complexity index is 534. The van der Waals surface area contributed by atoms with Crippen LogP contribution in [0.5, 0.6) is 0 Å². The summed E-state index contributed by atoms with van der Waals surface area (Å²) < 4.78 is 5.49. The lowest BCUT2D eigenvalue weighted by molar-refractivity contribution is 0.0227. The van der Waals surface area contributed by atoms with Crippen molar-refractivity contribution >= 4 is 17.8 Å². The van der Waals surface area contributed by atoms with E-state index in [-0.39, 0.29) is 11.9 Å². The van der Waals surface area contributed by atoms with Gasteiger partial charge in [0.1, 0.15) is 11.9 Å². The first kappa shape index (κ1) is 14.2. The summed E-state index contributed by atoms with van der Waals surface area (Å²) in [6.45, 7) is 0.719. The van der Waals surface area contributed by atoms with E-state index in [1.54, 1.807) is 18.3 Å². The zero-order valence-corrected chi connectivity index (χ0v) is 11.0. The molecule has 1 aromatic heterocycles. The monoisotopic (exact) mass is 275 g/mol. The second kappa shape index (κ2) is 6.81. The maximum atomic E-state index is 10.9. The Morgan fingerprint density at radius 3 is 2.90 bits per heavy atom. The summed E-state index contributed by atoms with van der Waals surface area (Å²) in [6.07, 6.45) is 5.84. The van der Waals surface area contributed by atoms with E-state index in [1.165, 1.54) is 12.3 Å². The van der Waals surface area contributed by atoms with E-state index in [0.717, 1.165) is 25.9 Å². The Hall–Kier alpha value is -2.21. The molecule has 2 rings (SSSR count). The van der Waals surface area contributed by atoms with Gasteiger partial charge in [-0.05, 0) is 31.4 Å². The third-order valence-electron chi connectivity index (χ3n) is 2.98. The van der Waals surface area contributed by atoms with Crippen LogP contribution in [0.15, 0.2) is 29.4 Å². The molecule has 0 saturated carbocycles. The number of ether oxygens (including phenoxy) is 1. The number of aromatic carboxylic acids is 1. The molecule has 1 atom stereocenters. The van der Waals surface area contributed by atoms with Crippen LogP contribution in [0.25, 0.3) is 5.57 Å². The van der Waals surface area contributed by atoms with Gasteiger partial charge in [-0.3, -0.25) is 4.99 Å². The lowest BCUT2D eigenvalue weighted by atomic mass is 10.1. The second-order valence-corrected chi connectivity index (χ2v) is 4.43. The summed E-state index contributed by atoms with van der Waals surface area (Å²) in [5.74, 6) is -1.07. The van der Waals surface area contributed by atoms with Crippen molar-refractivity contribution in [2.24, 2.45) is 10.7 Å². The van der Waals surface area contributed by atoms with E-state index in [1.807, 2.05) is 0 Å². The Morgan fingerprint density at radius 1 is 1.45 bits per heavy atom. The van der Waals surface area contributed by atoms with Crippen LogP contribution in [0, 0.1) is 0 Å². The van der Waals surface area contributed by atoms with Crippen molar-refractivity contribution in [3.8, 4) is 0 Å². The fourth-order valence-electron chi connectivity index (χ4n) is 1.91. The van der Waals surface area contributed by atoms with Crippen LogP contribution in [0.3, 0.4) is 0 Å². The van der Waals surface area contributed by atoms with Gasteiger partial charge < -0.3 is 15.6 Å². The molecule has 1 aromatic rings. The number of aromatic nitrogens is 1. The number of hydrogen-bond donors (Lipinski definition) is 2. The van der Waals surface area contributed by atoms with Gasteiger partial charge in [-0.25, -0.2) is 9.78 Å². The highest BCUT2D eigenvalue weighted by atomic mass is 16.5. The average Bonchev–Trinajstić information content (AvgIpc) is 2.49. The lowest BCUT2D eigenvalue weighted by Gasteiger charge is -2.18. The highest BCUT2D eigenvalue weighted by Gasteiger charge is 2.12. The van der Waals surface area contributed by atoms with Crippen molar-refractivity contribution < 1.29 is 14.6 Å². The molecule has 6 nitrogen and oxygen atoms in total. The van der Waals surface area contributed by atoms with Crippen LogP contribution >= 0.6 is 0 Å². The molecule has 20 heavy (non-hydrogen) atoms. The van der Waals surface area contributed by atoms with Crippen molar-refractivity contribution in [3.05, 3.63) is 35.8 Å². The molecular weight excluding hydrogens is 258 g/mol. The first-order valence-corrected chi connectivity index (χ1v) is 6.48. The number of carbonyl (C=O) groups is 1. The van der Waals surface area contributed by atoms with Gasteiger partial charge in [0, 0.05) is 24.6 Å². The summed E-state index contributed by atoms with van der Waals surface area (Å²) in [4.78, 5) is 19.3. The molecule has 0 spiro atoms. The molecule has 1 aliphatic rings. The van der Waals surface area contributed by atoms with Gasteiger partial charge in [0.25, 0.3) is 0 Å². The minimum Gasteiger partial charge on any atom is -0.477 e. The summed E-state index contributed by atoms with van der Waals surface area (Å²) >= 11 is 0. The molecule has 0 amide bonds. The number of allylic oxidation sites excluding steroid dienone is 1. The summed E-state index contributed by atoms with van der Waals surface area (Å²) in [5, 5.41) is 8.93. The highest BCUT2D eigenvalue weighted by molar-refractivity contribution is 6.09. The average molecular weight is 275 g/mol. The first-order chi connectivity index (χ1) is 9.70. The van der Waals surface area contributed by atoms with Gasteiger partial charge in [-0.1, -0.05) is 6.07 Å². The maximum absolute atomic E-state index is 10.9. The molecule has 106 valence electrons. The number of nitrogens with two attached hydrogens (primary N) is 1. The number of carboxylic acid groups (broad SMARTS) is 1. The Balaban J connectivity index is 2.13. The minimum absolute atomic E-state index is 0.0239. The van der Waals surface area contributed by atoms with Gasteiger partial charge in [0.2, 0.25) is 0 Å². The number of nitrogens with zero attached hydrogens (tertiary/aromatic N) is 2. The topological polar surface area (TPSA) is 97.8 Å². The third-order valence-corrected chi connectivity index (χ3v) is 2.98. The van der Waals surface area contributed by atoms with Crippen LogP contribution in [-0.4, -0.2) is 35.1 Å². The van der Waals surface area contributed by atoms with E-state index in [9.17, 15) is 4.79 Å². The van der Waals surface area contributed by atoms with Crippen LogP contribution in [0.4, 0.5) is 0 Å². The third kappa shape index (κ3) is 3.64. The highest BCUT2D eigenvalue weighted by Crippen LogP contribution is 2.15. The molecule has 0 aromatic carbocycles. The molecule has 1 aliphatic heterocycles. The molecule has 1 saturated heterocycles. The van der Waals surface area contributed by atoms with E-state index in [0.29, 0.717) is 11.3 Å². The molecule has 0 radical (unpaired) electrons. The van der Waals surface area contributed by atoms with Gasteiger partial charge in [-0.15, -0.1) is 0 Å². The minimum atomic E-state index is -1.07. The zero-order chi connectivity index (χ0) is 14.4. The molecule has 2 heterocycles. The van der Waals surface area contributed by atoms with Gasteiger partial charge in [0.05, 0.1) is 5.69 Å². The normalized spacial score (nSPS) is 20.2. The molecule has 1 fully saturated rings. The molecule has 3 N–H and O–H groups in total. The summed E-state index contributed by atoms with van der Waals surface area (Å²) in [7, 11) is 0. The number of aliphatic imine (C=N–C) groups is 1. The summed E-state index contributed by atoms with van der Waals surface area (Å²) in [5.41, 5.74) is 6.59. The molecule has 0 bridgehead atoms. The summed E-state index contributed by atoms with van der Waals surface area (Å²) in [6, 6.07) is 4.75. The quantitative estimate of drug-likeness (QED) is 0.815. The van der Waals surface area contributed by atoms with E-state index < -0.39 is 5.97 Å². The predicted molar refractivity (Wildman–Crippen MR) is 75.4 cm³/mol. The van der Waals surface area contributed by atoms with Crippen molar-refractivity contribution in [2.45, 2.75) is 25.5 Å². The number of rotatable bonds is 4. The maximum Gasteiger partial charge on any atom is 0.354 e. The largest absolute Gasteiger partial charge is 0.477 e. The van der Waals surface area contributed by atoms with E-state index in [4.69, 9.17) is 15.6 Å². The standard InChI is InChI=1S/C14H17N3O3/c15-8-10(9-16-13-6-1-2-7-20-13)11-4-3-5-12(17-11)14(18)19/h3-5,8-9,13H,1-2,6-7,15H2,(H,18,19). The van der Waals surface area contributed by atoms with Gasteiger partial charge >= 0.3 is 5.97 Å². The smallest absolute Gasteiger partial charge is 0.354 e. The zero-order valence-electron chi connectivity index (χ0n) is 11.0. The van der Waals surface area contributed by atoms with Gasteiger partial charge in [-0.2, -0.15) is 0 Å². The Labute approximate surface area is 117 Å². The number of carboxylic acids is 1. The molecule has 0 aliphatic carbocycles. The van der Waals surface area contributed by atoms with Crippen LogP contribution in [0.2, 0.25) is 0 Å². The Morgan fingerprint density at radius 2 is 2.25 bits per heavy atom. The van der Waals surface area contributed by atoms with E-state index in [2.05, 4.69) is 9.98 Å². The lowest BCUT2D eigenvalue weighted by Crippen LogP contribution is -2.16. The van der Waals surface area contributed by atoms with Crippen molar-refractivity contribution in [1.29, 1.82) is 0 Å². The van der Waals surface area contributed by atoms with E-state index >= 15 is 0 Å². The number of hydrogen-bond acceptors (Lipinski definition) is 5. The van der Waals surface area contributed by atoms with Crippen LogP contribution in [0.1, 0.15) is 35.4 Å². The Kier molecular flexibility index (Phi) is 4.84.